The maximum Gasteiger partial charge on any atom is 0.248 e. The zero-order chi connectivity index (χ0) is 14.4. The zero-order valence-corrected chi connectivity index (χ0v) is 13.8. The summed E-state index contributed by atoms with van der Waals surface area (Å²) < 4.78 is 16.9. The highest BCUT2D eigenvalue weighted by atomic mass is 28.4. The van der Waals surface area contributed by atoms with Crippen LogP contribution in [-0.4, -0.2) is 40.2 Å². The summed E-state index contributed by atoms with van der Waals surface area (Å²) in [5.41, 5.74) is 0. The molecule has 0 aliphatic heterocycles. The molecule has 0 atom stereocenters. The Labute approximate surface area is 112 Å². The van der Waals surface area contributed by atoms with E-state index in [2.05, 4.69) is 33.9 Å². The van der Waals surface area contributed by atoms with Crippen LogP contribution in [0.3, 0.4) is 0 Å². The molecule has 0 fully saturated rings. The molecule has 18 heavy (non-hydrogen) atoms. The van der Waals surface area contributed by atoms with Crippen molar-refractivity contribution in [3.63, 3.8) is 0 Å². The Kier molecular flexibility index (Phi) is 6.71. The van der Waals surface area contributed by atoms with E-state index in [4.69, 9.17) is 13.9 Å². The number of hydrogen-bond acceptors (Lipinski definition) is 4. The van der Waals surface area contributed by atoms with Crippen LogP contribution in [0, 0.1) is 0 Å². The van der Waals surface area contributed by atoms with Gasteiger partial charge in [0, 0.05) is 13.2 Å². The van der Waals surface area contributed by atoms with Crippen molar-refractivity contribution in [2.24, 2.45) is 0 Å². The molecule has 0 amide bonds. The van der Waals surface area contributed by atoms with E-state index < -0.39 is 14.1 Å². The average molecular weight is 276 g/mol. The fraction of sp³-hybridized carbons (Fsp3) is 0.923. The molecule has 0 heterocycles. The number of carbonyl (C=O) groups excluding carboxylic acids is 1. The lowest BCUT2D eigenvalue weighted by Crippen LogP contribution is -2.49. The summed E-state index contributed by atoms with van der Waals surface area (Å²) in [6.45, 7) is 15.4. The van der Waals surface area contributed by atoms with Crippen molar-refractivity contribution >= 4 is 14.6 Å². The van der Waals surface area contributed by atoms with Crippen LogP contribution < -0.4 is 0 Å². The largest absolute Gasteiger partial charge is 0.411 e. The number of ether oxygens (including phenoxy) is 2. The van der Waals surface area contributed by atoms with Gasteiger partial charge in [0.2, 0.25) is 5.79 Å². The van der Waals surface area contributed by atoms with Crippen molar-refractivity contribution < 1.29 is 18.7 Å². The lowest BCUT2D eigenvalue weighted by Gasteiger charge is -2.39. The minimum atomic E-state index is -1.91. The summed E-state index contributed by atoms with van der Waals surface area (Å²) in [7, 11) is -1.91. The Morgan fingerprint density at radius 2 is 1.50 bits per heavy atom. The van der Waals surface area contributed by atoms with E-state index in [1.807, 2.05) is 13.8 Å². The molecule has 0 aromatic carbocycles. The van der Waals surface area contributed by atoms with E-state index in [1.54, 1.807) is 0 Å². The highest BCUT2D eigenvalue weighted by Gasteiger charge is 2.41. The zero-order valence-electron chi connectivity index (χ0n) is 12.8. The van der Waals surface area contributed by atoms with Crippen LogP contribution in [0.1, 0.15) is 34.6 Å². The predicted octanol–water partition coefficient (Wildman–Crippen LogP) is 2.98. The topological polar surface area (TPSA) is 44.8 Å². The molecule has 0 saturated heterocycles. The Hall–Kier alpha value is -0.233. The molecule has 0 bridgehead atoms. The van der Waals surface area contributed by atoms with Gasteiger partial charge in [-0.3, -0.25) is 4.79 Å². The summed E-state index contributed by atoms with van der Waals surface area (Å²) in [6, 6.07) is 0. The average Bonchev–Trinajstić information content (AvgIpc) is 2.25. The van der Waals surface area contributed by atoms with Crippen molar-refractivity contribution in [2.45, 2.75) is 58.5 Å². The molecule has 0 spiro atoms. The van der Waals surface area contributed by atoms with Crippen molar-refractivity contribution in [1.82, 2.24) is 0 Å². The summed E-state index contributed by atoms with van der Waals surface area (Å²) in [5, 5.41) is 0.0973. The maximum atomic E-state index is 11.3. The van der Waals surface area contributed by atoms with Crippen molar-refractivity contribution in [3.8, 4) is 0 Å². The molecule has 0 N–H and O–H groups in total. The monoisotopic (exact) mass is 276 g/mol. The Bertz CT molecular complexity index is 252. The summed E-state index contributed by atoms with van der Waals surface area (Å²) in [5.74, 6) is -1.25. The third-order valence-electron chi connectivity index (χ3n) is 3.40. The van der Waals surface area contributed by atoms with Gasteiger partial charge >= 0.3 is 0 Å². The lowest BCUT2D eigenvalue weighted by molar-refractivity contribution is -0.227. The van der Waals surface area contributed by atoms with Gasteiger partial charge in [-0.25, -0.2) is 0 Å². The van der Waals surface area contributed by atoms with Crippen LogP contribution in [0.5, 0.6) is 0 Å². The van der Waals surface area contributed by atoms with E-state index in [0.717, 1.165) is 0 Å². The van der Waals surface area contributed by atoms with E-state index in [0.29, 0.717) is 19.5 Å². The van der Waals surface area contributed by atoms with Gasteiger partial charge in [-0.2, -0.15) is 0 Å². The van der Waals surface area contributed by atoms with Crippen LogP contribution in [0.15, 0.2) is 0 Å². The molecule has 0 aromatic rings. The summed E-state index contributed by atoms with van der Waals surface area (Å²) in [6.07, 6.45) is 0.702. The van der Waals surface area contributed by atoms with Gasteiger partial charge in [-0.05, 0) is 32.0 Å². The number of carbonyl (C=O) groups is 1. The van der Waals surface area contributed by atoms with Crippen LogP contribution >= 0.6 is 0 Å². The van der Waals surface area contributed by atoms with Gasteiger partial charge in [0.15, 0.2) is 14.6 Å². The number of hydrogen-bond donors (Lipinski definition) is 0. The highest BCUT2D eigenvalue weighted by Crippen LogP contribution is 2.37. The molecule has 0 saturated carbocycles. The molecule has 4 nitrogen and oxygen atoms in total. The molecule has 0 aromatic heterocycles. The second-order valence-corrected chi connectivity index (χ2v) is 10.7. The van der Waals surface area contributed by atoms with Gasteiger partial charge < -0.3 is 13.9 Å². The molecule has 0 aliphatic carbocycles. The molecule has 0 rings (SSSR count). The smallest absolute Gasteiger partial charge is 0.248 e. The van der Waals surface area contributed by atoms with Crippen LogP contribution in [0.2, 0.25) is 18.1 Å². The molecular weight excluding hydrogens is 248 g/mol. The maximum absolute atomic E-state index is 11.3. The molecule has 108 valence electrons. The van der Waals surface area contributed by atoms with E-state index in [1.165, 1.54) is 0 Å². The van der Waals surface area contributed by atoms with Crippen LogP contribution in [0.25, 0.3) is 0 Å². The highest BCUT2D eigenvalue weighted by molar-refractivity contribution is 6.74. The fourth-order valence-electron chi connectivity index (χ4n) is 1.21. The van der Waals surface area contributed by atoms with Gasteiger partial charge in [0.25, 0.3) is 0 Å². The SMILES string of the molecule is CCOC(C=O)(CO[Si](C)(C)C(C)(C)C)OCC. The third-order valence-corrected chi connectivity index (χ3v) is 7.88. The van der Waals surface area contributed by atoms with Crippen LogP contribution in [-0.2, 0) is 18.7 Å². The molecule has 0 radical (unpaired) electrons. The quantitative estimate of drug-likeness (QED) is 0.388. The van der Waals surface area contributed by atoms with Gasteiger partial charge in [0.05, 0.1) is 6.61 Å². The van der Waals surface area contributed by atoms with E-state index >= 15 is 0 Å². The molecule has 5 heteroatoms. The summed E-state index contributed by atoms with van der Waals surface area (Å²) in [4.78, 5) is 11.3. The van der Waals surface area contributed by atoms with Gasteiger partial charge in [-0.15, -0.1) is 0 Å². The Morgan fingerprint density at radius 1 is 1.06 bits per heavy atom. The fourth-order valence-corrected chi connectivity index (χ4v) is 2.21. The summed E-state index contributed by atoms with van der Waals surface area (Å²) >= 11 is 0. The minimum Gasteiger partial charge on any atom is -0.411 e. The lowest BCUT2D eigenvalue weighted by atomic mass is 10.2. The second kappa shape index (κ2) is 6.80. The van der Waals surface area contributed by atoms with Crippen molar-refractivity contribution in [2.75, 3.05) is 19.8 Å². The van der Waals surface area contributed by atoms with Gasteiger partial charge in [0.1, 0.15) is 0 Å². The molecule has 0 unspecified atom stereocenters. The first-order chi connectivity index (χ1) is 8.14. The Balaban J connectivity index is 4.75. The Morgan fingerprint density at radius 3 is 1.78 bits per heavy atom. The number of rotatable bonds is 8. The van der Waals surface area contributed by atoms with Crippen molar-refractivity contribution in [1.29, 1.82) is 0 Å². The predicted molar refractivity (Wildman–Crippen MR) is 75.2 cm³/mol. The first kappa shape index (κ1) is 17.8. The molecule has 0 aliphatic rings. The standard InChI is InChI=1S/C13H28O4Si/c1-8-15-13(10-14,16-9-2)11-17-18(6,7)12(3,4)5/h10H,8-9,11H2,1-7H3. The number of aldehydes is 1. The first-order valence-electron chi connectivity index (χ1n) is 6.52. The van der Waals surface area contributed by atoms with Crippen LogP contribution in [0.4, 0.5) is 0 Å². The van der Waals surface area contributed by atoms with E-state index in [9.17, 15) is 4.79 Å². The van der Waals surface area contributed by atoms with E-state index in [-0.39, 0.29) is 11.6 Å². The first-order valence-corrected chi connectivity index (χ1v) is 9.43. The third kappa shape index (κ3) is 4.80. The normalized spacial score (nSPS) is 13.7. The molecular formula is C13H28O4Si. The minimum absolute atomic E-state index is 0.0973. The van der Waals surface area contributed by atoms with Gasteiger partial charge in [-0.1, -0.05) is 20.8 Å². The second-order valence-electron chi connectivity index (χ2n) is 5.84. The van der Waals surface area contributed by atoms with Crippen molar-refractivity contribution in [3.05, 3.63) is 0 Å².